The summed E-state index contributed by atoms with van der Waals surface area (Å²) < 4.78 is 11.3. The number of ether oxygens (including phenoxy) is 1. The molecule has 3 aromatic rings. The minimum absolute atomic E-state index is 0.162. The SMILES string of the molecule is CNC[C@@H](O)COc1ccc(Cl)c(-c2nc(N[C@@H]3C[C@]4(C)CC34)c(C)c(-c3c(C)noc3C)n2)c1. The van der Waals surface area contributed by atoms with E-state index in [0.717, 1.165) is 34.8 Å². The van der Waals surface area contributed by atoms with E-state index in [1.165, 1.54) is 6.42 Å². The summed E-state index contributed by atoms with van der Waals surface area (Å²) in [4.78, 5) is 9.86. The number of fused-ring (bicyclic) bond motifs is 1. The number of hydrogen-bond acceptors (Lipinski definition) is 8. The van der Waals surface area contributed by atoms with E-state index in [4.69, 9.17) is 30.8 Å². The topological polar surface area (TPSA) is 105 Å². The van der Waals surface area contributed by atoms with Gasteiger partial charge >= 0.3 is 0 Å². The second-order valence-electron chi connectivity index (χ2n) is 10.2. The Kier molecular flexibility index (Phi) is 6.23. The van der Waals surface area contributed by atoms with E-state index in [2.05, 4.69) is 22.7 Å². The lowest BCUT2D eigenvalue weighted by Gasteiger charge is -2.33. The average molecular weight is 498 g/mol. The first-order valence-corrected chi connectivity index (χ1v) is 12.4. The van der Waals surface area contributed by atoms with Crippen molar-refractivity contribution >= 4 is 17.4 Å². The molecule has 8 nitrogen and oxygen atoms in total. The van der Waals surface area contributed by atoms with Gasteiger partial charge in [0, 0.05) is 23.7 Å². The zero-order valence-corrected chi connectivity index (χ0v) is 21.5. The van der Waals surface area contributed by atoms with Gasteiger partial charge in [0.05, 0.1) is 22.0 Å². The maximum Gasteiger partial charge on any atom is 0.163 e. The van der Waals surface area contributed by atoms with Crippen molar-refractivity contribution < 1.29 is 14.4 Å². The fraction of sp³-hybridized carbons (Fsp3) is 0.500. The Labute approximate surface area is 210 Å². The van der Waals surface area contributed by atoms with Crippen molar-refractivity contribution in [1.82, 2.24) is 20.4 Å². The number of aliphatic hydroxyl groups excluding tert-OH is 1. The summed E-state index contributed by atoms with van der Waals surface area (Å²) in [6.45, 7) is 8.79. The molecule has 1 aromatic carbocycles. The Morgan fingerprint density at radius 3 is 2.69 bits per heavy atom. The van der Waals surface area contributed by atoms with E-state index in [1.54, 1.807) is 19.2 Å². The third-order valence-corrected chi connectivity index (χ3v) is 7.72. The monoisotopic (exact) mass is 497 g/mol. The second kappa shape index (κ2) is 9.08. The Bertz CT molecular complexity index is 1240. The molecule has 5 rings (SSSR count). The molecule has 0 aliphatic heterocycles. The van der Waals surface area contributed by atoms with Gasteiger partial charge in [-0.2, -0.15) is 0 Å². The van der Waals surface area contributed by atoms with Crippen molar-refractivity contribution in [1.29, 1.82) is 0 Å². The molecule has 0 spiro atoms. The lowest BCUT2D eigenvalue weighted by molar-refractivity contribution is 0.108. The van der Waals surface area contributed by atoms with Gasteiger partial charge in [-0.25, -0.2) is 9.97 Å². The Morgan fingerprint density at radius 2 is 2.06 bits per heavy atom. The minimum Gasteiger partial charge on any atom is -0.491 e. The van der Waals surface area contributed by atoms with Crippen LogP contribution < -0.4 is 15.4 Å². The zero-order valence-electron chi connectivity index (χ0n) is 20.8. The highest BCUT2D eigenvalue weighted by Gasteiger charge is 2.63. The normalized spacial score (nSPS) is 23.4. The van der Waals surface area contributed by atoms with E-state index >= 15 is 0 Å². The third kappa shape index (κ3) is 4.50. The third-order valence-electron chi connectivity index (χ3n) is 7.39. The first kappa shape index (κ1) is 24.0. The molecule has 1 unspecified atom stereocenters. The maximum atomic E-state index is 10.0. The number of aryl methyl sites for hydroxylation is 2. The number of halogens is 1. The van der Waals surface area contributed by atoms with Crippen LogP contribution in [0.5, 0.6) is 5.75 Å². The number of rotatable bonds is 9. The van der Waals surface area contributed by atoms with Crippen LogP contribution in [0.25, 0.3) is 22.6 Å². The van der Waals surface area contributed by atoms with Crippen molar-refractivity contribution in [2.24, 2.45) is 11.3 Å². The van der Waals surface area contributed by atoms with Gasteiger partial charge in [-0.3, -0.25) is 0 Å². The van der Waals surface area contributed by atoms with E-state index in [0.29, 0.717) is 51.8 Å². The van der Waals surface area contributed by atoms with Crippen LogP contribution in [0.2, 0.25) is 5.02 Å². The van der Waals surface area contributed by atoms with Crippen molar-refractivity contribution in [2.45, 2.75) is 52.7 Å². The van der Waals surface area contributed by atoms with Crippen LogP contribution in [-0.4, -0.2) is 52.6 Å². The molecule has 2 fully saturated rings. The van der Waals surface area contributed by atoms with Gasteiger partial charge in [0.15, 0.2) is 5.82 Å². The van der Waals surface area contributed by atoms with Crippen molar-refractivity contribution in [3.8, 4) is 28.4 Å². The van der Waals surface area contributed by atoms with Crippen LogP contribution in [0.15, 0.2) is 22.7 Å². The minimum atomic E-state index is -0.618. The smallest absolute Gasteiger partial charge is 0.163 e. The number of nitrogens with zero attached hydrogens (tertiary/aromatic N) is 3. The molecule has 2 aliphatic rings. The molecule has 0 amide bonds. The van der Waals surface area contributed by atoms with E-state index in [-0.39, 0.29) is 6.61 Å². The summed E-state index contributed by atoms with van der Waals surface area (Å²) >= 11 is 6.62. The summed E-state index contributed by atoms with van der Waals surface area (Å²) in [5.41, 5.74) is 4.54. The van der Waals surface area contributed by atoms with Gasteiger partial charge < -0.3 is 25.0 Å². The van der Waals surface area contributed by atoms with Crippen LogP contribution in [-0.2, 0) is 0 Å². The summed E-state index contributed by atoms with van der Waals surface area (Å²) in [7, 11) is 1.79. The highest BCUT2D eigenvalue weighted by atomic mass is 35.5. The average Bonchev–Trinajstić information content (AvgIpc) is 3.21. The Hall–Kier alpha value is -2.68. The van der Waals surface area contributed by atoms with Crippen LogP contribution in [0, 0.1) is 32.1 Å². The number of hydrogen-bond donors (Lipinski definition) is 3. The first-order valence-electron chi connectivity index (χ1n) is 12.0. The summed E-state index contributed by atoms with van der Waals surface area (Å²) in [6.07, 6.45) is 1.80. The molecular formula is C26H32ClN5O3. The van der Waals surface area contributed by atoms with Crippen LogP contribution in [0.1, 0.15) is 36.8 Å². The molecule has 35 heavy (non-hydrogen) atoms. The molecule has 2 saturated carbocycles. The molecule has 0 saturated heterocycles. The van der Waals surface area contributed by atoms with Gasteiger partial charge in [-0.15, -0.1) is 0 Å². The highest BCUT2D eigenvalue weighted by molar-refractivity contribution is 6.33. The van der Waals surface area contributed by atoms with Gasteiger partial charge in [0.1, 0.15) is 30.0 Å². The fourth-order valence-corrected chi connectivity index (χ4v) is 5.41. The lowest BCUT2D eigenvalue weighted by Crippen LogP contribution is -2.36. The predicted octanol–water partition coefficient (Wildman–Crippen LogP) is 4.55. The molecular weight excluding hydrogens is 466 g/mol. The fourth-order valence-electron chi connectivity index (χ4n) is 5.21. The summed E-state index contributed by atoms with van der Waals surface area (Å²) in [5.74, 6) is 3.30. The van der Waals surface area contributed by atoms with Gasteiger partial charge in [0.25, 0.3) is 0 Å². The van der Waals surface area contributed by atoms with E-state index in [9.17, 15) is 5.11 Å². The van der Waals surface area contributed by atoms with E-state index in [1.807, 2.05) is 26.8 Å². The van der Waals surface area contributed by atoms with Crippen molar-refractivity contribution in [2.75, 3.05) is 25.5 Å². The van der Waals surface area contributed by atoms with Gasteiger partial charge in [-0.1, -0.05) is 23.7 Å². The van der Waals surface area contributed by atoms with Crippen LogP contribution in [0.4, 0.5) is 5.82 Å². The van der Waals surface area contributed by atoms with Gasteiger partial charge in [0.2, 0.25) is 0 Å². The molecule has 2 heterocycles. The number of nitrogens with one attached hydrogen (secondary N) is 2. The molecule has 0 bridgehead atoms. The predicted molar refractivity (Wildman–Crippen MR) is 136 cm³/mol. The zero-order chi connectivity index (χ0) is 24.9. The van der Waals surface area contributed by atoms with Crippen molar-refractivity contribution in [3.63, 3.8) is 0 Å². The molecule has 2 aliphatic carbocycles. The number of benzene rings is 1. The number of anilines is 1. The molecule has 0 radical (unpaired) electrons. The van der Waals surface area contributed by atoms with Gasteiger partial charge in [-0.05, 0) is 70.2 Å². The van der Waals surface area contributed by atoms with Crippen molar-refractivity contribution in [3.05, 3.63) is 40.2 Å². The van der Waals surface area contributed by atoms with Crippen LogP contribution in [0.3, 0.4) is 0 Å². The molecule has 3 N–H and O–H groups in total. The summed E-state index contributed by atoms with van der Waals surface area (Å²) in [5, 5.41) is 21.3. The molecule has 9 heteroatoms. The first-order chi connectivity index (χ1) is 16.7. The highest BCUT2D eigenvalue weighted by Crippen LogP contribution is 2.67. The molecule has 186 valence electrons. The van der Waals surface area contributed by atoms with Crippen LogP contribution >= 0.6 is 11.6 Å². The number of aromatic nitrogens is 3. The largest absolute Gasteiger partial charge is 0.491 e. The maximum absolute atomic E-state index is 10.0. The quantitative estimate of drug-likeness (QED) is 0.395. The second-order valence-corrected chi connectivity index (χ2v) is 10.6. The Balaban J connectivity index is 1.53. The van der Waals surface area contributed by atoms with E-state index < -0.39 is 6.10 Å². The molecule has 2 aromatic heterocycles. The summed E-state index contributed by atoms with van der Waals surface area (Å²) in [6, 6.07) is 5.78. The Morgan fingerprint density at radius 1 is 1.26 bits per heavy atom. The molecule has 4 atom stereocenters. The lowest BCUT2D eigenvalue weighted by atomic mass is 9.81. The standard InChI is InChI=1S/C26H32ClN5O3/c1-13-23(22-14(2)32-35-15(22)3)30-25(31-24(13)29-21-10-26(4)9-19(21)26)18-8-17(6-7-20(18)27)34-12-16(33)11-28-5/h6-8,16,19,21,28,33H,9-12H2,1-5H3,(H,29,30,31)/t16-,19?,21-,26+/m1/s1. The number of aliphatic hydroxyl groups is 1. The number of likely N-dealkylation sites (N-methyl/N-ethyl adjacent to an activating group) is 1.